The van der Waals surface area contributed by atoms with Crippen molar-refractivity contribution in [2.45, 2.75) is 42.2 Å². The first kappa shape index (κ1) is 27.6. The van der Waals surface area contributed by atoms with Crippen molar-refractivity contribution in [3.63, 3.8) is 0 Å². The third-order valence-electron chi connectivity index (χ3n) is 4.96. The molecule has 2 aromatic heterocycles. The number of nitrogens with one attached hydrogen (secondary N) is 2. The molecule has 0 spiro atoms. The molecule has 0 fully saturated rings. The highest BCUT2D eigenvalue weighted by Crippen LogP contribution is 2.40. The molecular weight excluding hydrogens is 558 g/mol. The number of ether oxygens (including phenoxy) is 2. The van der Waals surface area contributed by atoms with Crippen LogP contribution in [0.1, 0.15) is 0 Å². The van der Waals surface area contributed by atoms with Crippen LogP contribution in [0.3, 0.4) is 0 Å². The Bertz CT molecular complexity index is 1170. The summed E-state index contributed by atoms with van der Waals surface area (Å²) < 4.78 is 43.0. The van der Waals surface area contributed by atoms with Crippen LogP contribution in [0.25, 0.3) is 11.0 Å². The maximum Gasteiger partial charge on any atom is 0.319 e. The minimum Gasteiger partial charge on any atom is -0.383 e. The van der Waals surface area contributed by atoms with E-state index in [-0.39, 0.29) is 17.1 Å². The van der Waals surface area contributed by atoms with Crippen molar-refractivity contribution in [3.05, 3.63) is 46.7 Å². The quantitative estimate of drug-likeness (QED) is 0.203. The van der Waals surface area contributed by atoms with E-state index in [4.69, 9.17) is 9.47 Å². The summed E-state index contributed by atoms with van der Waals surface area (Å²) in [5, 5.41) is 5.69. The number of benzene rings is 1. The third kappa shape index (κ3) is 7.74. The first-order valence-corrected chi connectivity index (χ1v) is 16.3. The number of halogens is 3. The number of pyridine rings is 1. The highest BCUT2D eigenvalue weighted by atomic mass is 79.9. The van der Waals surface area contributed by atoms with Crippen molar-refractivity contribution in [1.29, 1.82) is 0 Å². The molecular formula is C23H29BrF2N4O3SSi. The Morgan fingerprint density at radius 1 is 1.23 bits per heavy atom. The average Bonchev–Trinajstić information content (AvgIpc) is 3.10. The summed E-state index contributed by atoms with van der Waals surface area (Å²) in [5.41, 5.74) is 0.670. The van der Waals surface area contributed by atoms with Gasteiger partial charge in [-0.2, -0.15) is 0 Å². The largest absolute Gasteiger partial charge is 0.383 e. The molecule has 0 bridgehead atoms. The lowest BCUT2D eigenvalue weighted by molar-refractivity contribution is 0.0898. The van der Waals surface area contributed by atoms with Gasteiger partial charge in [0.15, 0.2) is 0 Å². The summed E-state index contributed by atoms with van der Waals surface area (Å²) in [6.45, 7) is 8.49. The first-order chi connectivity index (χ1) is 16.6. The number of nitrogens with zero attached hydrogens (tertiary/aromatic N) is 2. The Kier molecular flexibility index (Phi) is 9.70. The SMILES string of the molecule is COCCNC(=O)Nc1cc(F)c(Sc2ccnc3c2c(Br)cn3COCC[Si](C)(C)C)c(F)c1. The Morgan fingerprint density at radius 3 is 2.60 bits per heavy atom. The van der Waals surface area contributed by atoms with Gasteiger partial charge in [-0.3, -0.25) is 0 Å². The summed E-state index contributed by atoms with van der Waals surface area (Å²) in [4.78, 5) is 16.8. The van der Waals surface area contributed by atoms with Crippen molar-refractivity contribution in [2.75, 3.05) is 32.2 Å². The van der Waals surface area contributed by atoms with Gasteiger partial charge in [-0.1, -0.05) is 31.4 Å². The average molecular weight is 588 g/mol. The van der Waals surface area contributed by atoms with Gasteiger partial charge >= 0.3 is 6.03 Å². The van der Waals surface area contributed by atoms with Gasteiger partial charge in [0.2, 0.25) is 0 Å². The standard InChI is InChI=1S/C23H29BrF2N4O3SSi/c1-32-8-7-28-23(31)29-15-11-17(25)21(18(26)12-15)34-19-5-6-27-22-20(19)16(24)13-30(22)14-33-9-10-35(2,3)4/h5-6,11-13H,7-10,14H2,1-4H3,(H2,28,29,31). The van der Waals surface area contributed by atoms with Crippen LogP contribution in [0.5, 0.6) is 0 Å². The minimum absolute atomic E-state index is 0.0157. The Morgan fingerprint density at radius 2 is 1.94 bits per heavy atom. The van der Waals surface area contributed by atoms with Gasteiger partial charge in [-0.25, -0.2) is 18.6 Å². The molecule has 7 nitrogen and oxygen atoms in total. The van der Waals surface area contributed by atoms with Gasteiger partial charge in [-0.15, -0.1) is 0 Å². The highest BCUT2D eigenvalue weighted by molar-refractivity contribution is 9.10. The topological polar surface area (TPSA) is 77.4 Å². The highest BCUT2D eigenvalue weighted by Gasteiger charge is 2.19. The Hall–Kier alpha value is -1.99. The molecule has 2 amide bonds. The molecule has 2 N–H and O–H groups in total. The second-order valence-electron chi connectivity index (χ2n) is 9.05. The van der Waals surface area contributed by atoms with Crippen molar-refractivity contribution in [3.8, 4) is 0 Å². The lowest BCUT2D eigenvalue weighted by Gasteiger charge is -2.15. The molecule has 0 aliphatic heterocycles. The van der Waals surface area contributed by atoms with Crippen LogP contribution in [-0.4, -0.2) is 50.5 Å². The number of hydrogen-bond donors (Lipinski definition) is 2. The zero-order valence-electron chi connectivity index (χ0n) is 20.1. The van der Waals surface area contributed by atoms with Crippen LogP contribution in [0.15, 0.2) is 44.9 Å². The predicted molar refractivity (Wildman–Crippen MR) is 141 cm³/mol. The molecule has 2 heterocycles. The summed E-state index contributed by atoms with van der Waals surface area (Å²) in [6.07, 6.45) is 3.46. The van der Waals surface area contributed by atoms with Crippen LogP contribution in [0, 0.1) is 11.6 Å². The van der Waals surface area contributed by atoms with Crippen LogP contribution in [-0.2, 0) is 16.2 Å². The van der Waals surface area contributed by atoms with E-state index in [1.165, 1.54) is 7.11 Å². The molecule has 0 aliphatic carbocycles. The molecule has 3 rings (SSSR count). The van der Waals surface area contributed by atoms with E-state index in [1.54, 1.807) is 12.3 Å². The lowest BCUT2D eigenvalue weighted by atomic mass is 10.3. The molecule has 0 unspecified atom stereocenters. The second-order valence-corrected chi connectivity index (χ2v) is 16.6. The third-order valence-corrected chi connectivity index (χ3v) is 8.42. The van der Waals surface area contributed by atoms with E-state index in [2.05, 4.69) is 51.2 Å². The summed E-state index contributed by atoms with van der Waals surface area (Å²) >= 11 is 4.51. The molecule has 1 aromatic carbocycles. The Balaban J connectivity index is 1.77. The number of rotatable bonds is 11. The summed E-state index contributed by atoms with van der Waals surface area (Å²) in [7, 11) is 0.315. The number of amides is 2. The van der Waals surface area contributed by atoms with Gasteiger partial charge in [-0.05, 0) is 40.2 Å². The molecule has 3 aromatic rings. The normalized spacial score (nSPS) is 11.7. The van der Waals surface area contributed by atoms with Gasteiger partial charge in [0.1, 0.15) is 24.0 Å². The summed E-state index contributed by atoms with van der Waals surface area (Å²) in [5.74, 6) is -1.56. The molecule has 35 heavy (non-hydrogen) atoms. The van der Waals surface area contributed by atoms with Gasteiger partial charge in [0, 0.05) is 61.2 Å². The maximum absolute atomic E-state index is 14.9. The van der Waals surface area contributed by atoms with Crippen molar-refractivity contribution in [2.24, 2.45) is 0 Å². The van der Waals surface area contributed by atoms with E-state index in [0.29, 0.717) is 30.5 Å². The summed E-state index contributed by atoms with van der Waals surface area (Å²) in [6, 6.07) is 4.37. The van der Waals surface area contributed by atoms with Crippen molar-refractivity contribution in [1.82, 2.24) is 14.9 Å². The first-order valence-electron chi connectivity index (χ1n) is 11.0. The number of urea groups is 1. The fourth-order valence-electron chi connectivity index (χ4n) is 3.14. The van der Waals surface area contributed by atoms with Crippen LogP contribution < -0.4 is 10.6 Å². The molecule has 0 atom stereocenters. The van der Waals surface area contributed by atoms with Gasteiger partial charge < -0.3 is 24.7 Å². The van der Waals surface area contributed by atoms with Crippen LogP contribution in [0.2, 0.25) is 25.7 Å². The number of aromatic nitrogens is 2. The van der Waals surface area contributed by atoms with Crippen LogP contribution >= 0.6 is 27.7 Å². The zero-order valence-corrected chi connectivity index (χ0v) is 23.5. The van der Waals surface area contributed by atoms with E-state index < -0.39 is 25.7 Å². The number of hydrogen-bond acceptors (Lipinski definition) is 5. The predicted octanol–water partition coefficient (Wildman–Crippen LogP) is 6.31. The van der Waals surface area contributed by atoms with E-state index in [0.717, 1.165) is 39.8 Å². The monoisotopic (exact) mass is 586 g/mol. The smallest absolute Gasteiger partial charge is 0.319 e. The van der Waals surface area contributed by atoms with Crippen LogP contribution in [0.4, 0.5) is 19.3 Å². The number of fused-ring (bicyclic) bond motifs is 1. The lowest BCUT2D eigenvalue weighted by Crippen LogP contribution is -2.31. The van der Waals surface area contributed by atoms with Crippen molar-refractivity contribution >= 4 is 58.5 Å². The van der Waals surface area contributed by atoms with E-state index in [1.807, 2.05) is 10.8 Å². The van der Waals surface area contributed by atoms with Gasteiger partial charge in [0.05, 0.1) is 11.5 Å². The zero-order chi connectivity index (χ0) is 25.6. The number of carbonyl (C=O) groups is 1. The number of carbonyl (C=O) groups excluding carboxylic acids is 1. The van der Waals surface area contributed by atoms with Crippen molar-refractivity contribution < 1.29 is 23.0 Å². The molecule has 0 saturated heterocycles. The Labute approximate surface area is 217 Å². The molecule has 12 heteroatoms. The second kappa shape index (κ2) is 12.3. The fourth-order valence-corrected chi connectivity index (χ4v) is 5.64. The number of methoxy groups -OCH3 is 1. The molecule has 0 saturated carbocycles. The van der Waals surface area contributed by atoms with E-state index >= 15 is 0 Å². The van der Waals surface area contributed by atoms with Gasteiger partial charge in [0.25, 0.3) is 0 Å². The molecule has 0 aliphatic rings. The van der Waals surface area contributed by atoms with E-state index in [9.17, 15) is 13.6 Å². The fraction of sp³-hybridized carbons (Fsp3) is 0.391. The molecule has 190 valence electrons. The number of anilines is 1. The molecule has 0 radical (unpaired) electrons. The minimum atomic E-state index is -1.19. The maximum atomic E-state index is 14.9.